The Morgan fingerprint density at radius 1 is 1.14 bits per heavy atom. The molecule has 0 amide bonds. The molecule has 3 aromatic rings. The third-order valence-corrected chi connectivity index (χ3v) is 3.65. The molecule has 4 nitrogen and oxygen atoms in total. The predicted molar refractivity (Wildman–Crippen MR) is 82.5 cm³/mol. The Morgan fingerprint density at radius 3 is 2.52 bits per heavy atom. The number of pyridine rings is 2. The zero-order valence-corrected chi connectivity index (χ0v) is 11.8. The molecule has 0 unspecified atom stereocenters. The van der Waals surface area contributed by atoms with Crippen molar-refractivity contribution in [1.29, 1.82) is 0 Å². The third kappa shape index (κ3) is 2.05. The van der Waals surface area contributed by atoms with Crippen molar-refractivity contribution < 1.29 is 4.79 Å². The minimum absolute atomic E-state index is 0.261. The molecule has 0 N–H and O–H groups in total. The molecule has 0 bridgehead atoms. The first-order valence-corrected chi connectivity index (χ1v) is 6.63. The molecule has 0 radical (unpaired) electrons. The first kappa shape index (κ1) is 13.2. The lowest BCUT2D eigenvalue weighted by atomic mass is 9.98. The summed E-state index contributed by atoms with van der Waals surface area (Å²) < 4.78 is 1.36. The van der Waals surface area contributed by atoms with Crippen molar-refractivity contribution in [2.75, 3.05) is 0 Å². The molecule has 104 valence electrons. The standard InChI is InChI=1S/C17H14N2O2/c1-11-5-7-12(8-6-11)15-13-4-3-9-18-16(13)17(21)19(2)14(15)10-20/h3-10H,1-2H3. The molecule has 0 atom stereocenters. The van der Waals surface area contributed by atoms with E-state index in [9.17, 15) is 9.59 Å². The normalized spacial score (nSPS) is 10.8. The molecule has 0 aliphatic rings. The Bertz CT molecular complexity index is 893. The van der Waals surface area contributed by atoms with Crippen LogP contribution in [0.2, 0.25) is 0 Å². The highest BCUT2D eigenvalue weighted by Gasteiger charge is 2.16. The number of aryl methyl sites for hydroxylation is 1. The smallest absolute Gasteiger partial charge is 0.277 e. The van der Waals surface area contributed by atoms with Gasteiger partial charge in [-0.1, -0.05) is 35.9 Å². The topological polar surface area (TPSA) is 52.0 Å². The lowest BCUT2D eigenvalue weighted by molar-refractivity contribution is 0.111. The van der Waals surface area contributed by atoms with Gasteiger partial charge in [-0.2, -0.15) is 0 Å². The molecule has 0 saturated heterocycles. The maximum atomic E-state index is 12.3. The van der Waals surface area contributed by atoms with Gasteiger partial charge in [0.05, 0.1) is 5.69 Å². The Balaban J connectivity index is 2.50. The van der Waals surface area contributed by atoms with Crippen LogP contribution in [0.5, 0.6) is 0 Å². The van der Waals surface area contributed by atoms with E-state index in [1.165, 1.54) is 4.57 Å². The van der Waals surface area contributed by atoms with Gasteiger partial charge in [0.25, 0.3) is 5.56 Å². The maximum absolute atomic E-state index is 12.3. The van der Waals surface area contributed by atoms with Crippen molar-refractivity contribution in [3.63, 3.8) is 0 Å². The highest BCUT2D eigenvalue weighted by atomic mass is 16.1. The summed E-state index contributed by atoms with van der Waals surface area (Å²) in [6.07, 6.45) is 2.31. The summed E-state index contributed by atoms with van der Waals surface area (Å²) in [6, 6.07) is 11.5. The van der Waals surface area contributed by atoms with Crippen LogP contribution in [0.4, 0.5) is 0 Å². The number of benzene rings is 1. The Labute approximate surface area is 121 Å². The van der Waals surface area contributed by atoms with Gasteiger partial charge < -0.3 is 4.57 Å². The third-order valence-electron chi connectivity index (χ3n) is 3.65. The van der Waals surface area contributed by atoms with E-state index >= 15 is 0 Å². The fourth-order valence-corrected chi connectivity index (χ4v) is 2.51. The Morgan fingerprint density at radius 2 is 1.86 bits per heavy atom. The molecule has 2 aromatic heterocycles. The van der Waals surface area contributed by atoms with Gasteiger partial charge in [-0.3, -0.25) is 14.6 Å². The quantitative estimate of drug-likeness (QED) is 0.677. The van der Waals surface area contributed by atoms with Gasteiger partial charge in [-0.05, 0) is 18.6 Å². The van der Waals surface area contributed by atoms with E-state index in [0.717, 1.165) is 23.0 Å². The first-order chi connectivity index (χ1) is 10.1. The number of hydrogen-bond donors (Lipinski definition) is 0. The van der Waals surface area contributed by atoms with Gasteiger partial charge >= 0.3 is 0 Å². The van der Waals surface area contributed by atoms with Gasteiger partial charge in [0, 0.05) is 24.2 Å². The number of rotatable bonds is 2. The van der Waals surface area contributed by atoms with Crippen molar-refractivity contribution in [3.05, 3.63) is 64.2 Å². The van der Waals surface area contributed by atoms with Crippen LogP contribution in [-0.4, -0.2) is 15.8 Å². The van der Waals surface area contributed by atoms with Gasteiger partial charge in [0.1, 0.15) is 5.52 Å². The number of fused-ring (bicyclic) bond motifs is 1. The van der Waals surface area contributed by atoms with Crippen molar-refractivity contribution in [2.24, 2.45) is 7.05 Å². The second kappa shape index (κ2) is 4.98. The molecule has 3 rings (SSSR count). The van der Waals surface area contributed by atoms with Crippen molar-refractivity contribution in [2.45, 2.75) is 6.92 Å². The number of aldehydes is 1. The van der Waals surface area contributed by atoms with Crippen molar-refractivity contribution >= 4 is 17.2 Å². The van der Waals surface area contributed by atoms with E-state index in [1.807, 2.05) is 37.3 Å². The molecule has 1 aromatic carbocycles. The number of aromatic nitrogens is 2. The molecule has 0 saturated carbocycles. The summed E-state index contributed by atoms with van der Waals surface area (Å²) in [5.41, 5.74) is 3.26. The number of carbonyl (C=O) groups excluding carboxylic acids is 1. The number of carbonyl (C=O) groups is 1. The monoisotopic (exact) mass is 278 g/mol. The minimum Gasteiger partial charge on any atom is -0.307 e. The zero-order chi connectivity index (χ0) is 15.0. The van der Waals surface area contributed by atoms with E-state index in [-0.39, 0.29) is 5.56 Å². The lowest BCUT2D eigenvalue weighted by Gasteiger charge is -2.13. The van der Waals surface area contributed by atoms with Crippen molar-refractivity contribution in [1.82, 2.24) is 9.55 Å². The van der Waals surface area contributed by atoms with E-state index in [2.05, 4.69) is 4.98 Å². The fourth-order valence-electron chi connectivity index (χ4n) is 2.51. The lowest BCUT2D eigenvalue weighted by Crippen LogP contribution is -2.22. The van der Waals surface area contributed by atoms with Gasteiger partial charge in [-0.15, -0.1) is 0 Å². The fraction of sp³-hybridized carbons (Fsp3) is 0.118. The second-order valence-electron chi connectivity index (χ2n) is 5.01. The summed E-state index contributed by atoms with van der Waals surface area (Å²) in [6.45, 7) is 2.00. The zero-order valence-electron chi connectivity index (χ0n) is 11.8. The predicted octanol–water partition coefficient (Wildman–Crippen LogP) is 2.72. The average Bonchev–Trinajstić information content (AvgIpc) is 2.52. The average molecular weight is 278 g/mol. The molecule has 4 heteroatoms. The van der Waals surface area contributed by atoms with E-state index < -0.39 is 0 Å². The van der Waals surface area contributed by atoms with Crippen LogP contribution < -0.4 is 5.56 Å². The largest absolute Gasteiger partial charge is 0.307 e. The molecular formula is C17H14N2O2. The number of hydrogen-bond acceptors (Lipinski definition) is 3. The van der Waals surface area contributed by atoms with Crippen molar-refractivity contribution in [3.8, 4) is 11.1 Å². The minimum atomic E-state index is -0.261. The van der Waals surface area contributed by atoms with Crippen LogP contribution in [0.3, 0.4) is 0 Å². The van der Waals surface area contributed by atoms with Crippen LogP contribution in [0.15, 0.2) is 47.4 Å². The molecule has 0 fully saturated rings. The second-order valence-corrected chi connectivity index (χ2v) is 5.01. The maximum Gasteiger partial charge on any atom is 0.277 e. The molecule has 0 aliphatic heterocycles. The first-order valence-electron chi connectivity index (χ1n) is 6.63. The Hall–Kier alpha value is -2.75. The summed E-state index contributed by atoms with van der Waals surface area (Å²) in [7, 11) is 1.60. The van der Waals surface area contributed by atoms with Gasteiger partial charge in [0.2, 0.25) is 0 Å². The van der Waals surface area contributed by atoms with Crippen LogP contribution in [0.1, 0.15) is 16.1 Å². The van der Waals surface area contributed by atoms with E-state index in [4.69, 9.17) is 0 Å². The van der Waals surface area contributed by atoms with Crippen LogP contribution in [0, 0.1) is 6.92 Å². The molecule has 0 aliphatic carbocycles. The van der Waals surface area contributed by atoms with Crippen LogP contribution >= 0.6 is 0 Å². The Kier molecular flexibility index (Phi) is 3.14. The van der Waals surface area contributed by atoms with Crippen LogP contribution in [-0.2, 0) is 7.05 Å². The van der Waals surface area contributed by atoms with E-state index in [0.29, 0.717) is 16.6 Å². The molecule has 0 spiro atoms. The SMILES string of the molecule is Cc1ccc(-c2c(C=O)n(C)c(=O)c3ncccc23)cc1. The van der Waals surface area contributed by atoms with Gasteiger partial charge in [-0.25, -0.2) is 0 Å². The summed E-state index contributed by atoms with van der Waals surface area (Å²) in [5, 5.41) is 0.701. The number of nitrogens with zero attached hydrogens (tertiary/aromatic N) is 2. The summed E-state index contributed by atoms with van der Waals surface area (Å²) >= 11 is 0. The highest BCUT2D eigenvalue weighted by Crippen LogP contribution is 2.29. The molecule has 21 heavy (non-hydrogen) atoms. The molecule has 2 heterocycles. The van der Waals surface area contributed by atoms with Crippen LogP contribution in [0.25, 0.3) is 22.0 Å². The summed E-state index contributed by atoms with van der Waals surface area (Å²) in [4.78, 5) is 28.0. The molecular weight excluding hydrogens is 264 g/mol. The summed E-state index contributed by atoms with van der Waals surface area (Å²) in [5.74, 6) is 0. The highest BCUT2D eigenvalue weighted by molar-refractivity contribution is 6.01. The van der Waals surface area contributed by atoms with Gasteiger partial charge in [0.15, 0.2) is 6.29 Å². The van der Waals surface area contributed by atoms with E-state index in [1.54, 1.807) is 19.3 Å².